The molecule has 0 aliphatic heterocycles. The lowest BCUT2D eigenvalue weighted by molar-refractivity contribution is -0.142. The Morgan fingerprint density at radius 1 is 1.57 bits per heavy atom. The van der Waals surface area contributed by atoms with E-state index >= 15 is 0 Å². The van der Waals surface area contributed by atoms with Gasteiger partial charge in [0.2, 0.25) is 0 Å². The van der Waals surface area contributed by atoms with E-state index in [0.29, 0.717) is 11.8 Å². The summed E-state index contributed by atoms with van der Waals surface area (Å²) in [6.07, 6.45) is 3.29. The van der Waals surface area contributed by atoms with Crippen LogP contribution in [0.2, 0.25) is 0 Å². The standard InChI is InChI=1S/C9H12N2O2S/c1-3-13-8(12)7(2)14-9-10-5-4-6-11-9/h4-7H,3H2,1-2H3. The second-order valence-electron chi connectivity index (χ2n) is 2.54. The molecule has 1 rings (SSSR count). The van der Waals surface area contributed by atoms with E-state index in [-0.39, 0.29) is 11.2 Å². The second kappa shape index (κ2) is 5.59. The topological polar surface area (TPSA) is 52.1 Å². The summed E-state index contributed by atoms with van der Waals surface area (Å²) in [7, 11) is 0. The summed E-state index contributed by atoms with van der Waals surface area (Å²) >= 11 is 1.29. The van der Waals surface area contributed by atoms with Crippen LogP contribution in [0.3, 0.4) is 0 Å². The first-order chi connectivity index (χ1) is 6.74. The monoisotopic (exact) mass is 212 g/mol. The molecule has 0 saturated carbocycles. The van der Waals surface area contributed by atoms with Crippen LogP contribution >= 0.6 is 11.8 Å². The summed E-state index contributed by atoms with van der Waals surface area (Å²) in [5.74, 6) is -0.232. The molecule has 0 saturated heterocycles. The molecule has 5 heteroatoms. The average molecular weight is 212 g/mol. The molecular weight excluding hydrogens is 200 g/mol. The zero-order valence-corrected chi connectivity index (χ0v) is 8.95. The number of esters is 1. The Bertz CT molecular complexity index is 292. The highest BCUT2D eigenvalue weighted by molar-refractivity contribution is 8.00. The van der Waals surface area contributed by atoms with Crippen molar-refractivity contribution in [3.8, 4) is 0 Å². The van der Waals surface area contributed by atoms with Gasteiger partial charge in [0, 0.05) is 12.4 Å². The van der Waals surface area contributed by atoms with Crippen molar-refractivity contribution in [2.24, 2.45) is 0 Å². The van der Waals surface area contributed by atoms with Gasteiger partial charge in [-0.2, -0.15) is 0 Å². The molecule has 1 unspecified atom stereocenters. The normalized spacial score (nSPS) is 12.1. The highest BCUT2D eigenvalue weighted by atomic mass is 32.2. The van der Waals surface area contributed by atoms with Gasteiger partial charge >= 0.3 is 5.97 Å². The van der Waals surface area contributed by atoms with Crippen molar-refractivity contribution in [2.75, 3.05) is 6.61 Å². The Morgan fingerprint density at radius 2 is 2.21 bits per heavy atom. The minimum atomic E-state index is -0.266. The van der Waals surface area contributed by atoms with Crippen LogP contribution in [-0.4, -0.2) is 27.8 Å². The summed E-state index contributed by atoms with van der Waals surface area (Å²) in [6.45, 7) is 3.96. The van der Waals surface area contributed by atoms with Crippen LogP contribution in [0.5, 0.6) is 0 Å². The summed E-state index contributed by atoms with van der Waals surface area (Å²) in [5.41, 5.74) is 0. The maximum Gasteiger partial charge on any atom is 0.319 e. The van der Waals surface area contributed by atoms with Gasteiger partial charge in [-0.05, 0) is 19.9 Å². The quantitative estimate of drug-likeness (QED) is 0.430. The highest BCUT2D eigenvalue weighted by Gasteiger charge is 2.16. The van der Waals surface area contributed by atoms with Crippen molar-refractivity contribution < 1.29 is 9.53 Å². The maximum atomic E-state index is 11.2. The molecule has 0 amide bonds. The fourth-order valence-corrected chi connectivity index (χ4v) is 1.54. The first-order valence-electron chi connectivity index (χ1n) is 4.34. The molecule has 0 fully saturated rings. The van der Waals surface area contributed by atoms with E-state index in [1.165, 1.54) is 11.8 Å². The predicted octanol–water partition coefficient (Wildman–Crippen LogP) is 1.52. The van der Waals surface area contributed by atoms with E-state index in [2.05, 4.69) is 9.97 Å². The minimum Gasteiger partial charge on any atom is -0.465 e. The van der Waals surface area contributed by atoms with Gasteiger partial charge in [0.1, 0.15) is 5.25 Å². The van der Waals surface area contributed by atoms with E-state index in [9.17, 15) is 4.79 Å². The van der Waals surface area contributed by atoms with Crippen molar-refractivity contribution in [2.45, 2.75) is 24.3 Å². The van der Waals surface area contributed by atoms with Crippen LogP contribution in [0.15, 0.2) is 23.6 Å². The first-order valence-corrected chi connectivity index (χ1v) is 5.22. The third kappa shape index (κ3) is 3.33. The number of ether oxygens (including phenoxy) is 1. The molecule has 0 N–H and O–H groups in total. The van der Waals surface area contributed by atoms with Crippen molar-refractivity contribution in [1.82, 2.24) is 9.97 Å². The SMILES string of the molecule is CCOC(=O)C(C)Sc1ncccn1. The summed E-state index contributed by atoms with van der Waals surface area (Å²) in [5, 5.41) is 0.324. The van der Waals surface area contributed by atoms with E-state index in [4.69, 9.17) is 4.74 Å². The molecule has 1 atom stereocenters. The van der Waals surface area contributed by atoms with Gasteiger partial charge in [-0.1, -0.05) is 11.8 Å². The lowest BCUT2D eigenvalue weighted by Gasteiger charge is -2.07. The molecule has 1 heterocycles. The van der Waals surface area contributed by atoms with Crippen LogP contribution in [0.4, 0.5) is 0 Å². The Kier molecular flexibility index (Phi) is 4.39. The molecule has 0 bridgehead atoms. The maximum absolute atomic E-state index is 11.2. The Balaban J connectivity index is 2.49. The second-order valence-corrected chi connectivity index (χ2v) is 3.85. The molecule has 14 heavy (non-hydrogen) atoms. The molecule has 0 radical (unpaired) electrons. The van der Waals surface area contributed by atoms with Crippen molar-refractivity contribution >= 4 is 17.7 Å². The fourth-order valence-electron chi connectivity index (χ4n) is 0.812. The molecule has 4 nitrogen and oxygen atoms in total. The number of carbonyl (C=O) groups excluding carboxylic acids is 1. The predicted molar refractivity (Wildman–Crippen MR) is 54.0 cm³/mol. The molecule has 0 aliphatic carbocycles. The summed E-state index contributed by atoms with van der Waals surface area (Å²) in [4.78, 5) is 19.3. The third-order valence-corrected chi connectivity index (χ3v) is 2.41. The average Bonchev–Trinajstić information content (AvgIpc) is 2.19. The molecule has 0 aromatic carbocycles. The van der Waals surface area contributed by atoms with E-state index in [1.54, 1.807) is 32.3 Å². The Morgan fingerprint density at radius 3 is 2.79 bits per heavy atom. The first kappa shape index (κ1) is 11.0. The van der Waals surface area contributed by atoms with Gasteiger partial charge in [0.05, 0.1) is 6.61 Å². The molecule has 76 valence electrons. The summed E-state index contributed by atoms with van der Waals surface area (Å²) in [6, 6.07) is 1.74. The zero-order chi connectivity index (χ0) is 10.4. The third-order valence-electron chi connectivity index (χ3n) is 1.44. The number of hydrogen-bond donors (Lipinski definition) is 0. The van der Waals surface area contributed by atoms with Gasteiger partial charge < -0.3 is 4.74 Å². The van der Waals surface area contributed by atoms with Crippen molar-refractivity contribution in [3.63, 3.8) is 0 Å². The molecule has 0 aliphatic rings. The summed E-state index contributed by atoms with van der Waals surface area (Å²) < 4.78 is 4.86. The van der Waals surface area contributed by atoms with Crippen molar-refractivity contribution in [1.29, 1.82) is 0 Å². The Hall–Kier alpha value is -1.10. The van der Waals surface area contributed by atoms with Gasteiger partial charge in [0.15, 0.2) is 5.16 Å². The van der Waals surface area contributed by atoms with E-state index < -0.39 is 0 Å². The van der Waals surface area contributed by atoms with E-state index in [1.807, 2.05) is 0 Å². The number of nitrogens with zero attached hydrogens (tertiary/aromatic N) is 2. The molecule has 1 aromatic rings. The van der Waals surface area contributed by atoms with Crippen LogP contribution in [0.1, 0.15) is 13.8 Å². The van der Waals surface area contributed by atoms with Crippen LogP contribution < -0.4 is 0 Å². The van der Waals surface area contributed by atoms with Crippen LogP contribution in [0, 0.1) is 0 Å². The fraction of sp³-hybridized carbons (Fsp3) is 0.444. The number of rotatable bonds is 4. The van der Waals surface area contributed by atoms with Gasteiger partial charge in [-0.3, -0.25) is 4.79 Å². The molecule has 1 aromatic heterocycles. The number of thioether (sulfide) groups is 1. The van der Waals surface area contributed by atoms with Gasteiger partial charge in [-0.15, -0.1) is 0 Å². The minimum absolute atomic E-state index is 0.232. The Labute approximate surface area is 87.1 Å². The van der Waals surface area contributed by atoms with E-state index in [0.717, 1.165) is 0 Å². The number of carbonyl (C=O) groups is 1. The van der Waals surface area contributed by atoms with Gasteiger partial charge in [-0.25, -0.2) is 9.97 Å². The number of hydrogen-bond acceptors (Lipinski definition) is 5. The van der Waals surface area contributed by atoms with Gasteiger partial charge in [0.25, 0.3) is 0 Å². The molecular formula is C9H12N2O2S. The zero-order valence-electron chi connectivity index (χ0n) is 8.14. The van der Waals surface area contributed by atoms with Crippen LogP contribution in [-0.2, 0) is 9.53 Å². The number of aromatic nitrogens is 2. The van der Waals surface area contributed by atoms with Crippen molar-refractivity contribution in [3.05, 3.63) is 18.5 Å². The molecule has 0 spiro atoms. The highest BCUT2D eigenvalue weighted by Crippen LogP contribution is 2.18. The largest absolute Gasteiger partial charge is 0.465 e. The smallest absolute Gasteiger partial charge is 0.319 e. The lowest BCUT2D eigenvalue weighted by atomic mass is 10.5. The van der Waals surface area contributed by atoms with Crippen LogP contribution in [0.25, 0.3) is 0 Å². The lowest BCUT2D eigenvalue weighted by Crippen LogP contribution is -2.16.